The maximum absolute atomic E-state index is 13.8. The third-order valence-electron chi connectivity index (χ3n) is 3.63. The summed E-state index contributed by atoms with van der Waals surface area (Å²) < 4.78 is 39.7. The molecule has 8 nitrogen and oxygen atoms in total. The van der Waals surface area contributed by atoms with Crippen molar-refractivity contribution in [3.8, 4) is 11.3 Å². The normalized spacial score (nSPS) is 10.2. The fourth-order valence-electron chi connectivity index (χ4n) is 2.22. The number of primary amides is 2. The van der Waals surface area contributed by atoms with Gasteiger partial charge < -0.3 is 22.9 Å². The average molecular weight is 562 g/mol. The molecule has 0 aliphatic carbocycles. The maximum Gasteiger partial charge on any atom is 0.269 e. The Hall–Kier alpha value is -3.19. The second kappa shape index (κ2) is 9.75. The lowest BCUT2D eigenvalue weighted by Crippen LogP contribution is -2.16. The van der Waals surface area contributed by atoms with E-state index in [2.05, 4.69) is 41.8 Å². The van der Waals surface area contributed by atoms with E-state index >= 15 is 0 Å². The summed E-state index contributed by atoms with van der Waals surface area (Å²) >= 11 is 5.79. The van der Waals surface area contributed by atoms with Crippen molar-refractivity contribution in [3.05, 3.63) is 68.2 Å². The van der Waals surface area contributed by atoms with Crippen LogP contribution in [0.3, 0.4) is 0 Å². The van der Waals surface area contributed by atoms with E-state index in [0.29, 0.717) is 5.56 Å². The minimum Gasteiger partial charge on any atom is -0.397 e. The number of benzene rings is 1. The summed E-state index contributed by atoms with van der Waals surface area (Å²) in [4.78, 5) is 29.1. The second-order valence-electron chi connectivity index (χ2n) is 5.81. The van der Waals surface area contributed by atoms with Crippen molar-refractivity contribution in [2.75, 3.05) is 11.5 Å². The SMILES string of the molecule is NC(=O)c1nc(-c2ccc(F)c(Br)c2)c(F)cc1N.NC(=O)c1nc(Br)c(F)cc1N. The first-order valence-electron chi connectivity index (χ1n) is 8.05. The summed E-state index contributed by atoms with van der Waals surface area (Å²) in [7, 11) is 0. The molecular weight excluding hydrogens is 549 g/mol. The van der Waals surface area contributed by atoms with Gasteiger partial charge in [-0.3, -0.25) is 9.59 Å². The summed E-state index contributed by atoms with van der Waals surface area (Å²) in [6.07, 6.45) is 0. The standard InChI is InChI=1S/C12H8BrF2N3O.C6H5BrFN3O/c13-6-3-5(1-2-7(6)14)10-8(15)4-9(16)11(18-10)12(17)19;7-5-2(8)1-3(9)4(11-5)6(10)12/h1-4H,16H2,(H2,17,19);1H,9H2,(H2,10,12). The molecule has 2 heterocycles. The van der Waals surface area contributed by atoms with E-state index in [1.165, 1.54) is 12.1 Å². The van der Waals surface area contributed by atoms with E-state index in [9.17, 15) is 22.8 Å². The van der Waals surface area contributed by atoms with Crippen LogP contribution in [0.4, 0.5) is 24.5 Å². The minimum atomic E-state index is -0.861. The number of aromatic nitrogens is 2. The number of nitrogens with zero attached hydrogens (tertiary/aromatic N) is 2. The predicted molar refractivity (Wildman–Crippen MR) is 115 cm³/mol. The van der Waals surface area contributed by atoms with Gasteiger partial charge >= 0.3 is 0 Å². The van der Waals surface area contributed by atoms with Crippen LogP contribution < -0.4 is 22.9 Å². The lowest BCUT2D eigenvalue weighted by molar-refractivity contribution is 0.0988. The molecule has 0 aliphatic heterocycles. The fourth-order valence-corrected chi connectivity index (χ4v) is 2.89. The Labute approximate surface area is 190 Å². The van der Waals surface area contributed by atoms with Crippen LogP contribution in [-0.4, -0.2) is 21.8 Å². The number of hydrogen-bond donors (Lipinski definition) is 4. The van der Waals surface area contributed by atoms with Crippen molar-refractivity contribution < 1.29 is 22.8 Å². The summed E-state index contributed by atoms with van der Waals surface area (Å²) in [5.74, 6) is -3.48. The Morgan fingerprint density at radius 2 is 1.29 bits per heavy atom. The van der Waals surface area contributed by atoms with Gasteiger partial charge in [0, 0.05) is 17.7 Å². The first kappa shape index (κ1) is 24.1. The van der Waals surface area contributed by atoms with Gasteiger partial charge in [-0.15, -0.1) is 0 Å². The zero-order chi connectivity index (χ0) is 23.5. The van der Waals surface area contributed by atoms with Crippen molar-refractivity contribution >= 4 is 55.0 Å². The van der Waals surface area contributed by atoms with E-state index in [1.807, 2.05) is 0 Å². The average Bonchev–Trinajstić information content (AvgIpc) is 2.67. The van der Waals surface area contributed by atoms with Crippen LogP contribution in [0.5, 0.6) is 0 Å². The Morgan fingerprint density at radius 3 is 1.81 bits per heavy atom. The highest BCUT2D eigenvalue weighted by Gasteiger charge is 2.16. The molecular formula is C18H13Br2F3N6O2. The third-order valence-corrected chi connectivity index (χ3v) is 4.79. The zero-order valence-corrected chi connectivity index (χ0v) is 18.5. The Bertz CT molecular complexity index is 1190. The lowest BCUT2D eigenvalue weighted by atomic mass is 10.1. The molecule has 31 heavy (non-hydrogen) atoms. The number of halogens is 5. The molecule has 0 fully saturated rings. The van der Waals surface area contributed by atoms with Gasteiger partial charge in [-0.05, 0) is 50.1 Å². The van der Waals surface area contributed by atoms with Crippen molar-refractivity contribution in [1.29, 1.82) is 0 Å². The number of rotatable bonds is 3. The maximum atomic E-state index is 13.8. The van der Waals surface area contributed by atoms with Crippen molar-refractivity contribution in [2.45, 2.75) is 0 Å². The molecule has 0 atom stereocenters. The number of anilines is 2. The van der Waals surface area contributed by atoms with Crippen LogP contribution in [0, 0.1) is 17.5 Å². The molecule has 3 aromatic rings. The van der Waals surface area contributed by atoms with Crippen LogP contribution in [-0.2, 0) is 0 Å². The van der Waals surface area contributed by atoms with Gasteiger partial charge in [0.15, 0.2) is 23.0 Å². The monoisotopic (exact) mass is 560 g/mol. The molecule has 3 rings (SSSR count). The molecule has 0 unspecified atom stereocenters. The number of nitrogen functional groups attached to an aromatic ring is 2. The van der Waals surface area contributed by atoms with Crippen LogP contribution in [0.25, 0.3) is 11.3 Å². The van der Waals surface area contributed by atoms with Gasteiger partial charge in [0.25, 0.3) is 11.8 Å². The number of nitrogens with two attached hydrogens (primary N) is 4. The second-order valence-corrected chi connectivity index (χ2v) is 7.42. The smallest absolute Gasteiger partial charge is 0.269 e. The molecule has 162 valence electrons. The highest BCUT2D eigenvalue weighted by molar-refractivity contribution is 9.10. The van der Waals surface area contributed by atoms with Crippen molar-refractivity contribution in [3.63, 3.8) is 0 Å². The van der Waals surface area contributed by atoms with E-state index in [4.69, 9.17) is 22.9 Å². The molecule has 13 heteroatoms. The first-order chi connectivity index (χ1) is 14.4. The molecule has 0 saturated carbocycles. The highest BCUT2D eigenvalue weighted by Crippen LogP contribution is 2.27. The molecule has 0 radical (unpaired) electrons. The number of carbonyl (C=O) groups is 2. The third kappa shape index (κ3) is 5.70. The molecule has 0 bridgehead atoms. The van der Waals surface area contributed by atoms with Gasteiger partial charge in [-0.25, -0.2) is 23.1 Å². The zero-order valence-electron chi connectivity index (χ0n) is 15.3. The fraction of sp³-hybridized carbons (Fsp3) is 0. The molecule has 2 amide bonds. The first-order valence-corrected chi connectivity index (χ1v) is 9.63. The molecule has 0 spiro atoms. The van der Waals surface area contributed by atoms with Crippen LogP contribution >= 0.6 is 31.9 Å². The number of hydrogen-bond acceptors (Lipinski definition) is 6. The van der Waals surface area contributed by atoms with Crippen LogP contribution in [0.1, 0.15) is 21.0 Å². The molecule has 1 aromatic carbocycles. The van der Waals surface area contributed by atoms with Gasteiger partial charge in [0.05, 0.1) is 15.8 Å². The van der Waals surface area contributed by atoms with Crippen LogP contribution in [0.2, 0.25) is 0 Å². The largest absolute Gasteiger partial charge is 0.397 e. The lowest BCUT2D eigenvalue weighted by Gasteiger charge is -2.07. The van der Waals surface area contributed by atoms with Crippen molar-refractivity contribution in [2.24, 2.45) is 11.5 Å². The summed E-state index contributed by atoms with van der Waals surface area (Å²) in [5, 5.41) is 0. The summed E-state index contributed by atoms with van der Waals surface area (Å²) in [5.41, 5.74) is 20.3. The van der Waals surface area contributed by atoms with Gasteiger partial charge in [-0.1, -0.05) is 0 Å². The molecule has 0 saturated heterocycles. The number of carbonyl (C=O) groups excluding carboxylic acids is 2. The van der Waals surface area contributed by atoms with Crippen LogP contribution in [0.15, 0.2) is 39.4 Å². The number of amides is 2. The van der Waals surface area contributed by atoms with E-state index in [-0.39, 0.29) is 37.5 Å². The van der Waals surface area contributed by atoms with E-state index in [1.54, 1.807) is 0 Å². The molecule has 0 aliphatic rings. The molecule has 8 N–H and O–H groups in total. The Kier molecular flexibility index (Phi) is 7.57. The quantitative estimate of drug-likeness (QED) is 0.359. The number of pyridine rings is 2. The van der Waals surface area contributed by atoms with Gasteiger partial charge in [0.1, 0.15) is 16.1 Å². The predicted octanol–water partition coefficient (Wildman–Crippen LogP) is 3.13. The summed E-state index contributed by atoms with van der Waals surface area (Å²) in [6, 6.07) is 5.78. The van der Waals surface area contributed by atoms with E-state index in [0.717, 1.165) is 18.2 Å². The highest BCUT2D eigenvalue weighted by atomic mass is 79.9. The van der Waals surface area contributed by atoms with Crippen molar-refractivity contribution in [1.82, 2.24) is 9.97 Å². The summed E-state index contributed by atoms with van der Waals surface area (Å²) in [6.45, 7) is 0. The van der Waals surface area contributed by atoms with Gasteiger partial charge in [-0.2, -0.15) is 0 Å². The van der Waals surface area contributed by atoms with Gasteiger partial charge in [0.2, 0.25) is 0 Å². The minimum absolute atomic E-state index is 0.0665. The molecule has 2 aromatic heterocycles. The topological polar surface area (TPSA) is 164 Å². The Balaban J connectivity index is 0.000000245. The Morgan fingerprint density at radius 1 is 0.774 bits per heavy atom. The van der Waals surface area contributed by atoms with E-state index < -0.39 is 29.3 Å².